The number of amides is 1. The number of aromatic nitrogens is 2. The lowest BCUT2D eigenvalue weighted by atomic mass is 9.92. The molecule has 1 aromatic heterocycles. The van der Waals surface area contributed by atoms with Crippen LogP contribution < -0.4 is 10.6 Å². The number of halogens is 1. The monoisotopic (exact) mass is 318 g/mol. The van der Waals surface area contributed by atoms with Crippen molar-refractivity contribution in [3.63, 3.8) is 0 Å². The predicted molar refractivity (Wildman–Crippen MR) is 87.4 cm³/mol. The first-order valence-corrected chi connectivity index (χ1v) is 7.85. The number of carbonyl (C=O) groups excluding carboxylic acids is 1. The summed E-state index contributed by atoms with van der Waals surface area (Å²) in [5.74, 6) is 0.122. The predicted octanol–water partition coefficient (Wildman–Crippen LogP) is 2.85. The molecule has 0 radical (unpaired) electrons. The van der Waals surface area contributed by atoms with E-state index in [0.717, 1.165) is 30.8 Å². The fourth-order valence-electron chi connectivity index (χ4n) is 2.80. The van der Waals surface area contributed by atoms with Gasteiger partial charge >= 0.3 is 0 Å². The fourth-order valence-corrected chi connectivity index (χ4v) is 3.06. The summed E-state index contributed by atoms with van der Waals surface area (Å²) in [6.45, 7) is 2.99. The molecule has 2 aromatic rings. The van der Waals surface area contributed by atoms with Crippen molar-refractivity contribution in [1.82, 2.24) is 15.1 Å². The van der Waals surface area contributed by atoms with Crippen LogP contribution in [-0.2, 0) is 4.79 Å². The molecule has 0 spiro atoms. The van der Waals surface area contributed by atoms with E-state index in [-0.39, 0.29) is 11.8 Å². The van der Waals surface area contributed by atoms with Crippen LogP contribution in [0, 0.1) is 5.92 Å². The summed E-state index contributed by atoms with van der Waals surface area (Å²) in [6, 6.07) is 7.70. The topological polar surface area (TPSA) is 59.0 Å². The van der Waals surface area contributed by atoms with Crippen molar-refractivity contribution in [2.75, 3.05) is 11.9 Å². The van der Waals surface area contributed by atoms with Gasteiger partial charge in [0, 0.05) is 30.0 Å². The third-order valence-corrected chi connectivity index (χ3v) is 4.26. The Labute approximate surface area is 134 Å². The summed E-state index contributed by atoms with van der Waals surface area (Å²) in [5, 5.41) is 11.0. The highest BCUT2D eigenvalue weighted by Gasteiger charge is 2.24. The minimum absolute atomic E-state index is 0.0563. The van der Waals surface area contributed by atoms with E-state index < -0.39 is 0 Å². The van der Waals surface area contributed by atoms with Gasteiger partial charge in [0.1, 0.15) is 0 Å². The molecule has 1 fully saturated rings. The second kappa shape index (κ2) is 6.50. The van der Waals surface area contributed by atoms with Crippen LogP contribution in [0.1, 0.15) is 19.8 Å². The molecule has 0 saturated carbocycles. The lowest BCUT2D eigenvalue weighted by molar-refractivity contribution is -0.120. The Morgan fingerprint density at radius 3 is 3.05 bits per heavy atom. The van der Waals surface area contributed by atoms with Gasteiger partial charge in [0.05, 0.1) is 10.7 Å². The molecule has 2 atom stereocenters. The van der Waals surface area contributed by atoms with Crippen molar-refractivity contribution in [3.05, 3.63) is 41.7 Å². The van der Waals surface area contributed by atoms with Crippen LogP contribution in [0.15, 0.2) is 36.7 Å². The smallest absolute Gasteiger partial charge is 0.227 e. The Hall–Kier alpha value is -1.85. The minimum atomic E-state index is 0.0563. The van der Waals surface area contributed by atoms with Crippen molar-refractivity contribution in [2.45, 2.75) is 25.8 Å². The van der Waals surface area contributed by atoms with Crippen molar-refractivity contribution in [2.24, 2.45) is 5.92 Å². The zero-order chi connectivity index (χ0) is 15.5. The Morgan fingerprint density at radius 1 is 1.50 bits per heavy atom. The number of rotatable bonds is 3. The van der Waals surface area contributed by atoms with Crippen LogP contribution in [-0.4, -0.2) is 28.3 Å². The highest BCUT2D eigenvalue weighted by molar-refractivity contribution is 6.32. The van der Waals surface area contributed by atoms with Crippen LogP contribution in [0.4, 0.5) is 5.69 Å². The van der Waals surface area contributed by atoms with Crippen LogP contribution >= 0.6 is 11.6 Å². The summed E-state index contributed by atoms with van der Waals surface area (Å²) in [7, 11) is 0. The molecule has 0 aliphatic carbocycles. The Balaban J connectivity index is 1.70. The molecule has 5 nitrogen and oxygen atoms in total. The summed E-state index contributed by atoms with van der Waals surface area (Å²) in [6.07, 6.45) is 5.26. The van der Waals surface area contributed by atoms with Gasteiger partial charge in [0.15, 0.2) is 0 Å². The normalized spacial score (nSPS) is 21.5. The first-order valence-electron chi connectivity index (χ1n) is 7.47. The van der Waals surface area contributed by atoms with Gasteiger partial charge in [-0.15, -0.1) is 0 Å². The second-order valence-corrected chi connectivity index (χ2v) is 6.09. The number of piperidine rings is 1. The average molecular weight is 319 g/mol. The van der Waals surface area contributed by atoms with E-state index in [2.05, 4.69) is 22.7 Å². The van der Waals surface area contributed by atoms with Gasteiger partial charge < -0.3 is 10.6 Å². The Kier molecular flexibility index (Phi) is 4.45. The summed E-state index contributed by atoms with van der Waals surface area (Å²) < 4.78 is 1.70. The van der Waals surface area contributed by atoms with Gasteiger partial charge in [-0.05, 0) is 50.6 Å². The Morgan fingerprint density at radius 2 is 2.36 bits per heavy atom. The van der Waals surface area contributed by atoms with Gasteiger partial charge in [-0.25, -0.2) is 4.68 Å². The van der Waals surface area contributed by atoms with Gasteiger partial charge in [-0.3, -0.25) is 4.79 Å². The molecule has 3 rings (SSSR count). The quantitative estimate of drug-likeness (QED) is 0.915. The largest absolute Gasteiger partial charge is 0.326 e. The number of carbonyl (C=O) groups is 1. The molecule has 2 N–H and O–H groups in total. The van der Waals surface area contributed by atoms with Crippen molar-refractivity contribution in [3.8, 4) is 5.69 Å². The van der Waals surface area contributed by atoms with Gasteiger partial charge in [-0.2, -0.15) is 5.10 Å². The molecule has 22 heavy (non-hydrogen) atoms. The van der Waals surface area contributed by atoms with Crippen molar-refractivity contribution in [1.29, 1.82) is 0 Å². The molecule has 116 valence electrons. The van der Waals surface area contributed by atoms with Crippen LogP contribution in [0.2, 0.25) is 5.02 Å². The molecule has 6 heteroatoms. The van der Waals surface area contributed by atoms with E-state index >= 15 is 0 Å². The zero-order valence-corrected chi connectivity index (χ0v) is 13.2. The fraction of sp³-hybridized carbons (Fsp3) is 0.375. The molecule has 0 bridgehead atoms. The van der Waals surface area contributed by atoms with Crippen molar-refractivity contribution < 1.29 is 4.79 Å². The average Bonchev–Trinajstić information content (AvgIpc) is 3.01. The molecule has 1 saturated heterocycles. The van der Waals surface area contributed by atoms with E-state index in [1.807, 2.05) is 24.4 Å². The molecular formula is C16H19ClN4O. The number of nitrogens with one attached hydrogen (secondary N) is 2. The molecule has 1 aromatic carbocycles. The van der Waals surface area contributed by atoms with E-state index in [9.17, 15) is 4.79 Å². The summed E-state index contributed by atoms with van der Waals surface area (Å²) in [4.78, 5) is 12.3. The maximum absolute atomic E-state index is 12.3. The van der Waals surface area contributed by atoms with Crippen molar-refractivity contribution >= 4 is 23.2 Å². The molecule has 2 heterocycles. The standard InChI is InChI=1S/C16H19ClN4O/c1-11-9-12(5-7-18-11)16(22)20-13-3-4-15(14(17)10-13)21-8-2-6-19-21/h2-4,6,8,10-12,18H,5,7,9H2,1H3,(H,20,22)/t11-,12-/m0/s1. The van der Waals surface area contributed by atoms with Crippen LogP contribution in [0.25, 0.3) is 5.69 Å². The molecule has 1 amide bonds. The van der Waals surface area contributed by atoms with Crippen LogP contribution in [0.3, 0.4) is 0 Å². The first kappa shape index (κ1) is 15.1. The number of hydrogen-bond acceptors (Lipinski definition) is 3. The second-order valence-electron chi connectivity index (χ2n) is 5.68. The number of anilines is 1. The summed E-state index contributed by atoms with van der Waals surface area (Å²) in [5.41, 5.74) is 1.51. The van der Waals surface area contributed by atoms with E-state index in [0.29, 0.717) is 11.1 Å². The maximum atomic E-state index is 12.3. The maximum Gasteiger partial charge on any atom is 0.227 e. The van der Waals surface area contributed by atoms with Crippen LogP contribution in [0.5, 0.6) is 0 Å². The van der Waals surface area contributed by atoms with Gasteiger partial charge in [-0.1, -0.05) is 11.6 Å². The minimum Gasteiger partial charge on any atom is -0.326 e. The lowest BCUT2D eigenvalue weighted by Gasteiger charge is -2.27. The Bertz CT molecular complexity index is 656. The van der Waals surface area contributed by atoms with Gasteiger partial charge in [0.2, 0.25) is 5.91 Å². The van der Waals surface area contributed by atoms with Gasteiger partial charge in [0.25, 0.3) is 0 Å². The first-order chi connectivity index (χ1) is 10.6. The molecule has 0 unspecified atom stereocenters. The highest BCUT2D eigenvalue weighted by atomic mass is 35.5. The third-order valence-electron chi connectivity index (χ3n) is 3.96. The third kappa shape index (κ3) is 3.31. The van der Waals surface area contributed by atoms with E-state index in [1.54, 1.807) is 16.9 Å². The number of benzene rings is 1. The lowest BCUT2D eigenvalue weighted by Crippen LogP contribution is -2.40. The molecule has 1 aliphatic rings. The number of nitrogens with zero attached hydrogens (tertiary/aromatic N) is 2. The highest BCUT2D eigenvalue weighted by Crippen LogP contribution is 2.25. The number of hydrogen-bond donors (Lipinski definition) is 2. The molecular weight excluding hydrogens is 300 g/mol. The molecule has 1 aliphatic heterocycles. The summed E-state index contributed by atoms with van der Waals surface area (Å²) >= 11 is 6.29. The zero-order valence-electron chi connectivity index (χ0n) is 12.4. The van der Waals surface area contributed by atoms with E-state index in [4.69, 9.17) is 11.6 Å². The SMILES string of the molecule is C[C@H]1C[C@@H](C(=O)Nc2ccc(-n3cccn3)c(Cl)c2)CCN1. The van der Waals surface area contributed by atoms with E-state index in [1.165, 1.54) is 0 Å².